The Bertz CT molecular complexity index is 198. The Balaban J connectivity index is -0.0000000731. The van der Waals surface area contributed by atoms with Gasteiger partial charge in [-0.15, -0.1) is 0 Å². The maximum Gasteiger partial charge on any atom is 0.302 e. The summed E-state index contributed by atoms with van der Waals surface area (Å²) in [5.74, 6) is -0.211. The molecular formula is C20H49NO5. The molecule has 1 fully saturated rings. The van der Waals surface area contributed by atoms with Crippen LogP contribution in [0.3, 0.4) is 0 Å². The van der Waals surface area contributed by atoms with Crippen molar-refractivity contribution in [3.63, 3.8) is 0 Å². The van der Waals surface area contributed by atoms with E-state index in [0.29, 0.717) is 6.61 Å². The quantitative estimate of drug-likeness (QED) is 0.724. The van der Waals surface area contributed by atoms with Crippen molar-refractivity contribution in [1.29, 1.82) is 0 Å². The van der Waals surface area contributed by atoms with Gasteiger partial charge >= 0.3 is 5.97 Å². The topological polar surface area (TPSA) is 102 Å². The molecular weight excluding hydrogens is 334 g/mol. The van der Waals surface area contributed by atoms with E-state index in [2.05, 4.69) is 30.4 Å². The molecule has 6 heteroatoms. The number of carbonyl (C=O) groups is 1. The lowest BCUT2D eigenvalue weighted by Gasteiger charge is -2.13. The summed E-state index contributed by atoms with van der Waals surface area (Å²) in [5.41, 5.74) is 0. The van der Waals surface area contributed by atoms with E-state index in [-0.39, 0.29) is 17.5 Å². The van der Waals surface area contributed by atoms with Gasteiger partial charge in [0.2, 0.25) is 0 Å². The molecule has 4 N–H and O–H groups in total. The molecule has 0 aromatic heterocycles. The molecule has 1 aliphatic carbocycles. The van der Waals surface area contributed by atoms with Crippen LogP contribution in [0.15, 0.2) is 0 Å². The van der Waals surface area contributed by atoms with E-state index in [1.165, 1.54) is 65.1 Å². The number of carbonyl (C=O) groups excluding carboxylic acids is 1. The fraction of sp³-hybridized carbons (Fsp3) is 0.950. The summed E-state index contributed by atoms with van der Waals surface area (Å²) in [6, 6.07) is 0. The molecule has 0 heterocycles. The lowest BCUT2D eigenvalue weighted by molar-refractivity contribution is -0.140. The number of rotatable bonds is 4. The summed E-state index contributed by atoms with van der Waals surface area (Å²) in [4.78, 5) is 12.2. The average Bonchev–Trinajstić information content (AvgIpc) is 2.60. The standard InChI is InChI=1S/C6H15N.C6H12.C4H8O2.C3H8O.CH4O.H2O/c1-4-7(5-2)6-3;1-2-4-6-5-3-1;1-3-6-4(2)5;1-3(2)4;1-2;/h4-6H2,1-3H3;1-6H2;3H2,1-2H3;3-4H,1-2H3;2H,1H3;1H2. The Morgan fingerprint density at radius 2 is 1.12 bits per heavy atom. The molecule has 164 valence electrons. The van der Waals surface area contributed by atoms with E-state index in [0.717, 1.165) is 7.11 Å². The monoisotopic (exact) mass is 383 g/mol. The largest absolute Gasteiger partial charge is 0.466 e. The second-order valence-electron chi connectivity index (χ2n) is 5.76. The lowest BCUT2D eigenvalue weighted by Crippen LogP contribution is -2.21. The summed E-state index contributed by atoms with van der Waals surface area (Å²) >= 11 is 0. The van der Waals surface area contributed by atoms with Crippen LogP contribution >= 0.6 is 0 Å². The molecule has 26 heavy (non-hydrogen) atoms. The predicted octanol–water partition coefficient (Wildman–Crippen LogP) is 3.43. The Morgan fingerprint density at radius 1 is 0.885 bits per heavy atom. The van der Waals surface area contributed by atoms with Crippen LogP contribution in [0.4, 0.5) is 0 Å². The third kappa shape index (κ3) is 56.7. The fourth-order valence-electron chi connectivity index (χ4n) is 1.93. The average molecular weight is 384 g/mol. The Kier molecular flexibility index (Phi) is 49.4. The van der Waals surface area contributed by atoms with Gasteiger partial charge in [0.15, 0.2) is 0 Å². The van der Waals surface area contributed by atoms with Crippen LogP contribution < -0.4 is 0 Å². The van der Waals surface area contributed by atoms with E-state index in [1.807, 2.05) is 0 Å². The second kappa shape index (κ2) is 35.4. The van der Waals surface area contributed by atoms with Crippen LogP contribution in [0.1, 0.15) is 87.0 Å². The van der Waals surface area contributed by atoms with E-state index < -0.39 is 0 Å². The van der Waals surface area contributed by atoms with Crippen molar-refractivity contribution in [2.24, 2.45) is 0 Å². The summed E-state index contributed by atoms with van der Waals surface area (Å²) in [6.45, 7) is 17.2. The highest BCUT2D eigenvalue weighted by Crippen LogP contribution is 2.15. The van der Waals surface area contributed by atoms with Crippen molar-refractivity contribution in [3.8, 4) is 0 Å². The molecule has 0 radical (unpaired) electrons. The molecule has 1 aliphatic rings. The van der Waals surface area contributed by atoms with Gasteiger partial charge in [-0.3, -0.25) is 4.79 Å². The third-order valence-electron chi connectivity index (χ3n) is 3.19. The normalized spacial score (nSPS) is 11.7. The van der Waals surface area contributed by atoms with Crippen LogP contribution in [-0.2, 0) is 9.53 Å². The van der Waals surface area contributed by atoms with Crippen molar-refractivity contribution in [2.75, 3.05) is 33.4 Å². The summed E-state index contributed by atoms with van der Waals surface area (Å²) in [7, 11) is 1.00. The Hall–Kier alpha value is -0.690. The van der Waals surface area contributed by atoms with E-state index in [1.54, 1.807) is 20.8 Å². The van der Waals surface area contributed by atoms with Crippen molar-refractivity contribution in [3.05, 3.63) is 0 Å². The second-order valence-corrected chi connectivity index (χ2v) is 5.76. The Labute approximate surface area is 163 Å². The van der Waals surface area contributed by atoms with Gasteiger partial charge in [0.25, 0.3) is 0 Å². The van der Waals surface area contributed by atoms with Crippen molar-refractivity contribution < 1.29 is 25.2 Å². The maximum atomic E-state index is 9.82. The van der Waals surface area contributed by atoms with E-state index in [9.17, 15) is 4.79 Å². The molecule has 6 nitrogen and oxygen atoms in total. The number of ether oxygens (including phenoxy) is 1. The van der Waals surface area contributed by atoms with E-state index >= 15 is 0 Å². The SMILES string of the molecule is C1CCCCC1.CC(C)O.CCN(CC)CC.CCOC(C)=O.CO.O. The van der Waals surface area contributed by atoms with Crippen molar-refractivity contribution >= 4 is 5.97 Å². The molecule has 0 bridgehead atoms. The molecule has 0 unspecified atom stereocenters. The fourth-order valence-corrected chi connectivity index (χ4v) is 1.93. The summed E-state index contributed by atoms with van der Waals surface area (Å²) in [6.07, 6.45) is 8.83. The van der Waals surface area contributed by atoms with Gasteiger partial charge in [-0.05, 0) is 40.4 Å². The lowest BCUT2D eigenvalue weighted by atomic mass is 10.0. The first-order valence-corrected chi connectivity index (χ1v) is 9.83. The first-order chi connectivity index (χ1) is 11.8. The first-order valence-electron chi connectivity index (χ1n) is 9.83. The number of aliphatic hydroxyl groups is 2. The molecule has 0 aromatic rings. The van der Waals surface area contributed by atoms with Gasteiger partial charge in [0.1, 0.15) is 0 Å². The van der Waals surface area contributed by atoms with Crippen LogP contribution in [0.5, 0.6) is 0 Å². The number of aliphatic hydroxyl groups excluding tert-OH is 2. The zero-order valence-electron chi connectivity index (χ0n) is 18.8. The third-order valence-corrected chi connectivity index (χ3v) is 3.19. The van der Waals surface area contributed by atoms with Gasteiger partial charge in [-0.25, -0.2) is 0 Å². The van der Waals surface area contributed by atoms with Crippen molar-refractivity contribution in [1.82, 2.24) is 4.90 Å². The molecule has 1 rings (SSSR count). The molecule has 1 saturated carbocycles. The first kappa shape index (κ1) is 36.3. The molecule has 0 aliphatic heterocycles. The molecule has 0 saturated heterocycles. The number of hydrogen-bond donors (Lipinski definition) is 2. The molecule has 0 amide bonds. The summed E-state index contributed by atoms with van der Waals surface area (Å²) < 4.78 is 4.40. The van der Waals surface area contributed by atoms with Crippen LogP contribution in [0, 0.1) is 0 Å². The van der Waals surface area contributed by atoms with Gasteiger partial charge in [0.05, 0.1) is 6.61 Å². The van der Waals surface area contributed by atoms with E-state index in [4.69, 9.17) is 10.2 Å². The highest BCUT2D eigenvalue weighted by Gasteiger charge is 1.95. The Morgan fingerprint density at radius 3 is 1.15 bits per heavy atom. The smallest absolute Gasteiger partial charge is 0.302 e. The van der Waals surface area contributed by atoms with Crippen LogP contribution in [0.25, 0.3) is 0 Å². The minimum absolute atomic E-state index is 0. The van der Waals surface area contributed by atoms with Crippen LogP contribution in [-0.4, -0.2) is 66.0 Å². The zero-order chi connectivity index (χ0) is 20.5. The minimum atomic E-state index is -0.211. The predicted molar refractivity (Wildman–Crippen MR) is 113 cm³/mol. The highest BCUT2D eigenvalue weighted by molar-refractivity contribution is 5.65. The molecule has 0 aromatic carbocycles. The number of esters is 1. The van der Waals surface area contributed by atoms with Gasteiger partial charge in [-0.2, -0.15) is 0 Å². The number of hydrogen-bond acceptors (Lipinski definition) is 5. The zero-order valence-corrected chi connectivity index (χ0v) is 18.8. The number of nitrogens with zero attached hydrogens (tertiary/aromatic N) is 1. The van der Waals surface area contributed by atoms with Crippen molar-refractivity contribution in [2.45, 2.75) is 93.1 Å². The summed E-state index contributed by atoms with van der Waals surface area (Å²) in [5, 5.41) is 15.1. The maximum absolute atomic E-state index is 9.82. The molecule has 0 spiro atoms. The van der Waals surface area contributed by atoms with Gasteiger partial charge < -0.3 is 25.3 Å². The van der Waals surface area contributed by atoms with Gasteiger partial charge in [-0.1, -0.05) is 59.3 Å². The van der Waals surface area contributed by atoms with Crippen LogP contribution in [0.2, 0.25) is 0 Å². The van der Waals surface area contributed by atoms with Gasteiger partial charge in [0, 0.05) is 20.1 Å². The highest BCUT2D eigenvalue weighted by atomic mass is 16.5. The molecule has 0 atom stereocenters. The minimum Gasteiger partial charge on any atom is -0.466 e.